The lowest BCUT2D eigenvalue weighted by Crippen LogP contribution is -2.16. The first-order valence-corrected chi connectivity index (χ1v) is 10.6. The number of benzene rings is 3. The zero-order valence-corrected chi connectivity index (χ0v) is 18.7. The van der Waals surface area contributed by atoms with E-state index < -0.39 is 0 Å². The van der Waals surface area contributed by atoms with E-state index in [1.165, 1.54) is 11.1 Å². The Balaban J connectivity index is 1.61. The smallest absolute Gasteiger partial charge is 0.255 e. The molecule has 3 aromatic carbocycles. The Morgan fingerprint density at radius 3 is 1.94 bits per heavy atom. The molecule has 2 amide bonds. The minimum absolute atomic E-state index is 0.0413. The van der Waals surface area contributed by atoms with Gasteiger partial charge in [-0.25, -0.2) is 0 Å². The molecule has 0 aliphatic rings. The quantitative estimate of drug-likeness (QED) is 0.521. The lowest BCUT2D eigenvalue weighted by molar-refractivity contribution is -0.115. The Labute approximate surface area is 184 Å². The molecule has 0 unspecified atom stereocenters. The van der Waals surface area contributed by atoms with Crippen molar-refractivity contribution in [3.63, 3.8) is 0 Å². The number of hydrogen-bond acceptors (Lipinski definition) is 2. The fraction of sp³-hybridized carbons (Fsp3) is 0.259. The van der Waals surface area contributed by atoms with Gasteiger partial charge in [0.25, 0.3) is 5.91 Å². The number of amides is 2. The highest BCUT2D eigenvalue weighted by molar-refractivity contribution is 6.04. The van der Waals surface area contributed by atoms with Crippen LogP contribution < -0.4 is 10.6 Å². The van der Waals surface area contributed by atoms with Crippen molar-refractivity contribution in [1.29, 1.82) is 0 Å². The molecule has 0 radical (unpaired) electrons. The van der Waals surface area contributed by atoms with Gasteiger partial charge in [0.05, 0.1) is 6.42 Å². The van der Waals surface area contributed by atoms with Gasteiger partial charge in [0, 0.05) is 16.9 Å². The van der Waals surface area contributed by atoms with Gasteiger partial charge < -0.3 is 10.6 Å². The Morgan fingerprint density at radius 1 is 0.774 bits per heavy atom. The maximum absolute atomic E-state index is 12.6. The van der Waals surface area contributed by atoms with Crippen molar-refractivity contribution in [3.8, 4) is 0 Å². The molecule has 0 spiro atoms. The second-order valence-corrected chi connectivity index (χ2v) is 8.76. The van der Waals surface area contributed by atoms with Crippen LogP contribution in [-0.2, 0) is 23.1 Å². The van der Waals surface area contributed by atoms with Gasteiger partial charge >= 0.3 is 0 Å². The topological polar surface area (TPSA) is 58.2 Å². The van der Waals surface area contributed by atoms with Gasteiger partial charge in [-0.1, -0.05) is 70.2 Å². The third kappa shape index (κ3) is 6.29. The van der Waals surface area contributed by atoms with E-state index in [4.69, 9.17) is 0 Å². The summed E-state index contributed by atoms with van der Waals surface area (Å²) in [6, 6.07) is 22.9. The molecule has 4 heteroatoms. The van der Waals surface area contributed by atoms with Gasteiger partial charge in [-0.3, -0.25) is 9.59 Å². The maximum atomic E-state index is 12.6. The summed E-state index contributed by atoms with van der Waals surface area (Å²) in [7, 11) is 0. The van der Waals surface area contributed by atoms with Crippen LogP contribution in [-0.4, -0.2) is 11.8 Å². The van der Waals surface area contributed by atoms with E-state index in [0.717, 1.165) is 12.0 Å². The van der Waals surface area contributed by atoms with Crippen molar-refractivity contribution in [2.24, 2.45) is 0 Å². The van der Waals surface area contributed by atoms with Crippen molar-refractivity contribution in [3.05, 3.63) is 95.1 Å². The summed E-state index contributed by atoms with van der Waals surface area (Å²) >= 11 is 0. The largest absolute Gasteiger partial charge is 0.326 e. The van der Waals surface area contributed by atoms with Crippen LogP contribution in [0.15, 0.2) is 72.8 Å². The number of carbonyl (C=O) groups is 2. The third-order valence-corrected chi connectivity index (χ3v) is 5.21. The summed E-state index contributed by atoms with van der Waals surface area (Å²) in [6.45, 7) is 8.53. The van der Waals surface area contributed by atoms with Crippen molar-refractivity contribution in [2.45, 2.75) is 46.0 Å². The van der Waals surface area contributed by atoms with E-state index in [2.05, 4.69) is 38.3 Å². The summed E-state index contributed by atoms with van der Waals surface area (Å²) in [6.07, 6.45) is 1.28. The molecule has 0 atom stereocenters. The molecular weight excluding hydrogens is 384 g/mol. The summed E-state index contributed by atoms with van der Waals surface area (Å²) in [5.41, 5.74) is 5.32. The van der Waals surface area contributed by atoms with Crippen LogP contribution in [0.1, 0.15) is 54.7 Å². The molecule has 2 N–H and O–H groups in total. The van der Waals surface area contributed by atoms with Crippen LogP contribution >= 0.6 is 0 Å². The van der Waals surface area contributed by atoms with Crippen LogP contribution in [0.5, 0.6) is 0 Å². The Bertz CT molecular complexity index is 1050. The van der Waals surface area contributed by atoms with Gasteiger partial charge in [-0.15, -0.1) is 0 Å². The SMILES string of the molecule is CCc1ccc(CC(=O)Nc2cccc(NC(=O)c3ccc(C(C)(C)C)cc3)c2)cc1. The molecule has 3 rings (SSSR count). The van der Waals surface area contributed by atoms with Crippen LogP contribution in [0, 0.1) is 0 Å². The van der Waals surface area contributed by atoms with Gasteiger partial charge in [0.2, 0.25) is 5.91 Å². The van der Waals surface area contributed by atoms with Crippen LogP contribution in [0.2, 0.25) is 0 Å². The van der Waals surface area contributed by atoms with Gasteiger partial charge in [-0.05, 0) is 58.9 Å². The normalized spacial score (nSPS) is 11.1. The lowest BCUT2D eigenvalue weighted by Gasteiger charge is -2.19. The van der Waals surface area contributed by atoms with Gasteiger partial charge in [0.1, 0.15) is 0 Å². The Hall–Kier alpha value is -3.40. The van der Waals surface area contributed by atoms with E-state index in [1.54, 1.807) is 12.1 Å². The van der Waals surface area contributed by atoms with Crippen molar-refractivity contribution < 1.29 is 9.59 Å². The minimum atomic E-state index is -0.181. The van der Waals surface area contributed by atoms with Crippen molar-refractivity contribution in [1.82, 2.24) is 0 Å². The molecule has 0 aromatic heterocycles. The molecule has 4 nitrogen and oxygen atoms in total. The number of hydrogen-bond donors (Lipinski definition) is 2. The lowest BCUT2D eigenvalue weighted by atomic mass is 9.87. The molecule has 160 valence electrons. The van der Waals surface area contributed by atoms with Crippen LogP contribution in [0.25, 0.3) is 0 Å². The van der Waals surface area contributed by atoms with E-state index in [1.807, 2.05) is 60.7 Å². The van der Waals surface area contributed by atoms with E-state index in [-0.39, 0.29) is 17.2 Å². The number of anilines is 2. The second-order valence-electron chi connectivity index (χ2n) is 8.76. The first-order chi connectivity index (χ1) is 14.7. The molecule has 0 fully saturated rings. The predicted octanol–water partition coefficient (Wildman–Crippen LogP) is 5.98. The average molecular weight is 415 g/mol. The molecule has 31 heavy (non-hydrogen) atoms. The van der Waals surface area contributed by atoms with E-state index in [9.17, 15) is 9.59 Å². The fourth-order valence-corrected chi connectivity index (χ4v) is 3.28. The zero-order chi connectivity index (χ0) is 22.4. The molecule has 3 aromatic rings. The monoisotopic (exact) mass is 414 g/mol. The summed E-state index contributed by atoms with van der Waals surface area (Å²) in [4.78, 5) is 25.0. The molecule has 0 saturated heterocycles. The zero-order valence-electron chi connectivity index (χ0n) is 18.7. The minimum Gasteiger partial charge on any atom is -0.326 e. The molecule has 0 aliphatic carbocycles. The second kappa shape index (κ2) is 9.61. The molecule has 0 heterocycles. The summed E-state index contributed by atoms with van der Waals surface area (Å²) in [5, 5.41) is 5.81. The highest BCUT2D eigenvalue weighted by atomic mass is 16.2. The fourth-order valence-electron chi connectivity index (χ4n) is 3.28. The Morgan fingerprint density at radius 2 is 1.35 bits per heavy atom. The summed E-state index contributed by atoms with van der Waals surface area (Å²) < 4.78 is 0. The first kappa shape index (κ1) is 22.3. The number of aryl methyl sites for hydroxylation is 1. The van der Waals surface area contributed by atoms with Crippen LogP contribution in [0.3, 0.4) is 0 Å². The molecular formula is C27H30N2O2. The molecule has 0 aliphatic heterocycles. The van der Waals surface area contributed by atoms with Crippen LogP contribution in [0.4, 0.5) is 11.4 Å². The third-order valence-electron chi connectivity index (χ3n) is 5.21. The highest BCUT2D eigenvalue weighted by Crippen LogP contribution is 2.23. The Kier molecular flexibility index (Phi) is 6.91. The highest BCUT2D eigenvalue weighted by Gasteiger charge is 2.14. The van der Waals surface area contributed by atoms with Crippen molar-refractivity contribution >= 4 is 23.2 Å². The van der Waals surface area contributed by atoms with E-state index >= 15 is 0 Å². The average Bonchev–Trinajstić information content (AvgIpc) is 2.74. The molecule has 0 bridgehead atoms. The first-order valence-electron chi connectivity index (χ1n) is 10.6. The van der Waals surface area contributed by atoms with Gasteiger partial charge in [0.15, 0.2) is 0 Å². The van der Waals surface area contributed by atoms with Crippen molar-refractivity contribution in [2.75, 3.05) is 10.6 Å². The van der Waals surface area contributed by atoms with E-state index in [0.29, 0.717) is 23.4 Å². The number of carbonyl (C=O) groups excluding carboxylic acids is 2. The maximum Gasteiger partial charge on any atom is 0.255 e. The molecule has 0 saturated carbocycles. The standard InChI is InChI=1S/C27H30N2O2/c1-5-19-9-11-20(12-10-19)17-25(30)28-23-7-6-8-24(18-23)29-26(31)21-13-15-22(16-14-21)27(2,3)4/h6-16,18H,5,17H2,1-4H3,(H,28,30)(H,29,31). The van der Waals surface area contributed by atoms with Gasteiger partial charge in [-0.2, -0.15) is 0 Å². The summed E-state index contributed by atoms with van der Waals surface area (Å²) in [5.74, 6) is -0.273. The number of nitrogens with one attached hydrogen (secondary N) is 2. The number of rotatable bonds is 6. The predicted molar refractivity (Wildman–Crippen MR) is 128 cm³/mol.